The monoisotopic (exact) mass is 168 g/mol. The van der Waals surface area contributed by atoms with E-state index < -0.39 is 10.5 Å². The molecule has 0 unspecified atom stereocenters. The van der Waals surface area contributed by atoms with Gasteiger partial charge in [0.25, 0.3) is 0 Å². The van der Waals surface area contributed by atoms with E-state index >= 15 is 0 Å². The van der Waals surface area contributed by atoms with Gasteiger partial charge in [-0.1, -0.05) is 4.47 Å². The molecule has 0 atom stereocenters. The van der Waals surface area contributed by atoms with E-state index in [1.54, 1.807) is 7.11 Å². The van der Waals surface area contributed by atoms with Gasteiger partial charge in [-0.05, 0) is 13.8 Å². The van der Waals surface area contributed by atoms with Crippen LogP contribution >= 0.6 is 0 Å². The summed E-state index contributed by atoms with van der Waals surface area (Å²) < 4.78 is 25.2. The van der Waals surface area contributed by atoms with Crippen molar-refractivity contribution in [2.75, 3.05) is 7.11 Å². The molecule has 5 nitrogen and oxygen atoms in total. The maximum absolute atomic E-state index is 9.08. The highest BCUT2D eigenvalue weighted by atomic mass is 32.2. The van der Waals surface area contributed by atoms with E-state index in [1.165, 1.54) is 0 Å². The Morgan fingerprint density at radius 2 is 1.70 bits per heavy atom. The number of nitrogens with two attached hydrogens (primary N) is 1. The molecule has 0 aromatic heterocycles. The third-order valence-corrected chi connectivity index (χ3v) is 0.730. The van der Waals surface area contributed by atoms with Gasteiger partial charge in [-0.2, -0.15) is 8.42 Å². The van der Waals surface area contributed by atoms with E-state index in [9.17, 15) is 0 Å². The van der Waals surface area contributed by atoms with E-state index in [1.807, 2.05) is 13.8 Å². The van der Waals surface area contributed by atoms with Gasteiger partial charge in [0.05, 0.1) is 6.10 Å². The van der Waals surface area contributed by atoms with Crippen LogP contribution in [0.2, 0.25) is 0 Å². The number of hydrogen-bond donors (Lipinski definition) is 1. The first-order valence-corrected chi connectivity index (χ1v) is 3.60. The molecule has 0 aromatic rings. The average Bonchev–Trinajstić information content (AvgIpc) is 1.89. The van der Waals surface area contributed by atoms with Crippen molar-refractivity contribution in [3.63, 3.8) is 0 Å². The Hall–Kier alpha value is -0.460. The molecule has 0 saturated carbocycles. The second-order valence-electron chi connectivity index (χ2n) is 1.61. The number of rotatable bonds is 1. The molecule has 62 valence electrons. The van der Waals surface area contributed by atoms with Gasteiger partial charge in [0.2, 0.25) is 0 Å². The fraction of sp³-hybridized carbons (Fsp3) is 1.00. The molecule has 0 saturated heterocycles. The number of methoxy groups -OCH3 is 1. The van der Waals surface area contributed by atoms with Crippen LogP contribution in [0.1, 0.15) is 13.8 Å². The third kappa shape index (κ3) is 25.7. The van der Waals surface area contributed by atoms with Gasteiger partial charge < -0.3 is 4.74 Å². The van der Waals surface area contributed by atoms with Crippen LogP contribution in [0.4, 0.5) is 0 Å². The molecule has 10 heavy (non-hydrogen) atoms. The first-order chi connectivity index (χ1) is 4.54. The maximum Gasteiger partial charge on any atom is 0.327 e. The lowest BCUT2D eigenvalue weighted by Crippen LogP contribution is -1.94. The summed E-state index contributed by atoms with van der Waals surface area (Å²) >= 11 is 0. The normalized spacial score (nSPS) is 8.10. The minimum absolute atomic E-state index is 0.384. The summed E-state index contributed by atoms with van der Waals surface area (Å²) in [6.07, 6.45) is 0.384. The van der Waals surface area contributed by atoms with Crippen molar-refractivity contribution < 1.29 is 13.2 Å². The first-order valence-electron chi connectivity index (χ1n) is 2.57. The van der Waals surface area contributed by atoms with Gasteiger partial charge in [0.1, 0.15) is 0 Å². The summed E-state index contributed by atoms with van der Waals surface area (Å²) in [4.78, 5) is 0. The highest BCUT2D eigenvalue weighted by Gasteiger charge is 1.78. The lowest BCUT2D eigenvalue weighted by Gasteiger charge is -1.94. The molecule has 0 aliphatic carbocycles. The van der Waals surface area contributed by atoms with Gasteiger partial charge in [0, 0.05) is 7.11 Å². The predicted molar refractivity (Wildman–Crippen MR) is 37.7 cm³/mol. The average molecular weight is 168 g/mol. The summed E-state index contributed by atoms with van der Waals surface area (Å²) in [7, 11) is -0.721. The quantitative estimate of drug-likeness (QED) is 0.440. The zero-order valence-corrected chi connectivity index (χ0v) is 7.05. The summed E-state index contributed by atoms with van der Waals surface area (Å²) in [5, 5.41) is 0. The van der Waals surface area contributed by atoms with Gasteiger partial charge in [-0.15, -0.1) is 0 Å². The van der Waals surface area contributed by atoms with Crippen molar-refractivity contribution in [1.82, 2.24) is 0 Å². The summed E-state index contributed by atoms with van der Waals surface area (Å²) in [6.45, 7) is 4.00. The van der Waals surface area contributed by atoms with Crippen molar-refractivity contribution in [1.29, 1.82) is 0 Å². The zero-order valence-electron chi connectivity index (χ0n) is 6.23. The van der Waals surface area contributed by atoms with Gasteiger partial charge in [-0.3, -0.25) is 0 Å². The van der Waals surface area contributed by atoms with E-state index in [0.29, 0.717) is 6.10 Å². The van der Waals surface area contributed by atoms with E-state index in [2.05, 4.69) is 10.3 Å². The van der Waals surface area contributed by atoms with Gasteiger partial charge in [0.15, 0.2) is 0 Å². The first kappa shape index (κ1) is 12.2. The molecule has 0 spiro atoms. The SMILES string of the molecule is COC(C)C.NN=S(=O)=O. The van der Waals surface area contributed by atoms with E-state index in [4.69, 9.17) is 13.2 Å². The van der Waals surface area contributed by atoms with Gasteiger partial charge in [-0.25, -0.2) is 5.84 Å². The summed E-state index contributed by atoms with van der Waals surface area (Å²) in [5.41, 5.74) is 0. The molecule has 0 radical (unpaired) electrons. The lowest BCUT2D eigenvalue weighted by atomic mass is 10.5. The van der Waals surface area contributed by atoms with Crippen molar-refractivity contribution in [3.8, 4) is 0 Å². The van der Waals surface area contributed by atoms with E-state index in [0.717, 1.165) is 0 Å². The molecule has 0 aromatic carbocycles. The van der Waals surface area contributed by atoms with Crippen molar-refractivity contribution in [2.24, 2.45) is 10.3 Å². The molecule has 0 aliphatic rings. The standard InChI is InChI=1S/C4H10O.H2N2O2S/c1-4(2)5-3;1-2-5(3)4/h4H,1-3H3;1H2. The molecular weight excluding hydrogens is 156 g/mol. The fourth-order valence-corrected chi connectivity index (χ4v) is 0. The molecule has 0 bridgehead atoms. The van der Waals surface area contributed by atoms with Crippen molar-refractivity contribution in [3.05, 3.63) is 0 Å². The number of nitrogens with zero attached hydrogens (tertiary/aromatic N) is 1. The molecule has 6 heteroatoms. The highest BCUT2D eigenvalue weighted by Crippen LogP contribution is 1.77. The second kappa shape index (κ2) is 8.54. The fourth-order valence-electron chi connectivity index (χ4n) is 0. The Morgan fingerprint density at radius 3 is 1.70 bits per heavy atom. The molecular formula is C4H12N2O3S. The Labute approximate surface area is 61.9 Å². The minimum Gasteiger partial charge on any atom is -0.382 e. The molecule has 0 fully saturated rings. The predicted octanol–water partition coefficient (Wildman–Crippen LogP) is -0.0360. The maximum atomic E-state index is 9.08. The van der Waals surface area contributed by atoms with Gasteiger partial charge >= 0.3 is 10.5 Å². The molecule has 0 amide bonds. The largest absolute Gasteiger partial charge is 0.382 e. The Morgan fingerprint density at radius 1 is 1.50 bits per heavy atom. The van der Waals surface area contributed by atoms with E-state index in [-0.39, 0.29) is 0 Å². The van der Waals surface area contributed by atoms with Crippen LogP contribution in [-0.4, -0.2) is 21.6 Å². The van der Waals surface area contributed by atoms with Crippen LogP contribution in [0, 0.1) is 0 Å². The Balaban J connectivity index is 0. The lowest BCUT2D eigenvalue weighted by molar-refractivity contribution is 0.134. The Kier molecular flexibility index (Phi) is 10.5. The van der Waals surface area contributed by atoms with Crippen molar-refractivity contribution >= 4 is 10.5 Å². The molecule has 2 N–H and O–H groups in total. The highest BCUT2D eigenvalue weighted by molar-refractivity contribution is 7.61. The van der Waals surface area contributed by atoms with Crippen LogP contribution in [-0.2, 0) is 15.2 Å². The minimum atomic E-state index is -2.42. The molecule has 0 heterocycles. The Bertz CT molecular complexity index is 165. The van der Waals surface area contributed by atoms with Crippen LogP contribution in [0.3, 0.4) is 0 Å². The van der Waals surface area contributed by atoms with Crippen molar-refractivity contribution in [2.45, 2.75) is 20.0 Å². The van der Waals surface area contributed by atoms with Crippen LogP contribution in [0.5, 0.6) is 0 Å². The van der Waals surface area contributed by atoms with Crippen LogP contribution in [0.25, 0.3) is 0 Å². The molecule has 0 aliphatic heterocycles. The van der Waals surface area contributed by atoms with Crippen LogP contribution < -0.4 is 5.84 Å². The second-order valence-corrected chi connectivity index (χ2v) is 2.25. The number of ether oxygens (including phenoxy) is 1. The summed E-state index contributed by atoms with van der Waals surface area (Å²) in [5.74, 6) is 4.18. The topological polar surface area (TPSA) is 81.8 Å². The summed E-state index contributed by atoms with van der Waals surface area (Å²) in [6, 6.07) is 0. The zero-order chi connectivity index (χ0) is 8.57. The number of hydrogen-bond acceptors (Lipinski definition) is 4. The third-order valence-electron chi connectivity index (χ3n) is 0.557. The molecule has 0 rings (SSSR count). The van der Waals surface area contributed by atoms with Crippen LogP contribution in [0.15, 0.2) is 4.47 Å². The smallest absolute Gasteiger partial charge is 0.327 e.